The van der Waals surface area contributed by atoms with Crippen LogP contribution >= 0.6 is 0 Å². The molecule has 0 aromatic carbocycles. The number of carbonyl (C=O) groups is 1. The van der Waals surface area contributed by atoms with Gasteiger partial charge in [-0.3, -0.25) is 9.78 Å². The topological polar surface area (TPSA) is 71.9 Å². The first-order chi connectivity index (χ1) is 8.70. The average molecular weight is 254 g/mol. The highest BCUT2D eigenvalue weighted by Gasteiger charge is 2.15. The van der Waals surface area contributed by atoms with Crippen molar-refractivity contribution >= 4 is 5.91 Å². The van der Waals surface area contributed by atoms with Crippen molar-refractivity contribution in [2.24, 2.45) is 0 Å². The highest BCUT2D eigenvalue weighted by molar-refractivity contribution is 5.96. The van der Waals surface area contributed by atoms with Crippen LogP contribution in [0.4, 0.5) is 0 Å². The van der Waals surface area contributed by atoms with Crippen molar-refractivity contribution in [3.05, 3.63) is 24.0 Å². The molecular formula is C12H18N2O4. The molecule has 0 aliphatic heterocycles. The van der Waals surface area contributed by atoms with E-state index in [1.54, 1.807) is 19.3 Å². The predicted molar refractivity (Wildman–Crippen MR) is 65.7 cm³/mol. The Labute approximate surface area is 106 Å². The van der Waals surface area contributed by atoms with E-state index >= 15 is 0 Å². The molecule has 6 nitrogen and oxygen atoms in total. The van der Waals surface area contributed by atoms with E-state index in [1.165, 1.54) is 18.2 Å². The molecule has 100 valence electrons. The van der Waals surface area contributed by atoms with Crippen molar-refractivity contribution in [2.75, 3.05) is 40.5 Å². The molecule has 0 unspecified atom stereocenters. The molecular weight excluding hydrogens is 236 g/mol. The summed E-state index contributed by atoms with van der Waals surface area (Å²) in [5.74, 6) is 0.299. The fourth-order valence-corrected chi connectivity index (χ4v) is 1.39. The van der Waals surface area contributed by atoms with Gasteiger partial charge in [-0.15, -0.1) is 0 Å². The van der Waals surface area contributed by atoms with E-state index < -0.39 is 0 Å². The van der Waals surface area contributed by atoms with Crippen LogP contribution in [0, 0.1) is 0 Å². The Balaban J connectivity index is 2.57. The lowest BCUT2D eigenvalue weighted by molar-refractivity contribution is 0.0616. The van der Waals surface area contributed by atoms with Gasteiger partial charge in [0.2, 0.25) is 0 Å². The van der Waals surface area contributed by atoms with Crippen LogP contribution in [0.15, 0.2) is 18.5 Å². The monoisotopic (exact) mass is 254 g/mol. The molecule has 0 saturated heterocycles. The number of carbonyl (C=O) groups excluding carboxylic acids is 1. The highest BCUT2D eigenvalue weighted by atomic mass is 16.5. The predicted octanol–water partition coefficient (Wildman–Crippen LogP) is 0.171. The zero-order chi connectivity index (χ0) is 13.4. The largest absolute Gasteiger partial charge is 0.494 e. The Hall–Kier alpha value is -1.66. The van der Waals surface area contributed by atoms with Crippen molar-refractivity contribution in [1.82, 2.24) is 9.88 Å². The first-order valence-electron chi connectivity index (χ1n) is 5.62. The van der Waals surface area contributed by atoms with Crippen LogP contribution in [-0.2, 0) is 4.74 Å². The molecule has 0 fully saturated rings. The molecule has 0 bridgehead atoms. The minimum Gasteiger partial charge on any atom is -0.494 e. The maximum absolute atomic E-state index is 12.1. The molecule has 0 aliphatic carbocycles. The van der Waals surface area contributed by atoms with Gasteiger partial charge in [-0.1, -0.05) is 0 Å². The van der Waals surface area contributed by atoms with E-state index in [0.29, 0.717) is 24.5 Å². The number of hydrogen-bond donors (Lipinski definition) is 1. The minimum absolute atomic E-state index is 0.0180. The van der Waals surface area contributed by atoms with Crippen LogP contribution in [0.2, 0.25) is 0 Å². The second-order valence-corrected chi connectivity index (χ2v) is 3.64. The maximum atomic E-state index is 12.1. The Kier molecular flexibility index (Phi) is 6.10. The molecule has 1 rings (SSSR count). The molecule has 1 aromatic heterocycles. The number of aliphatic hydroxyl groups excluding tert-OH is 1. The molecule has 1 heterocycles. The van der Waals surface area contributed by atoms with Crippen molar-refractivity contribution in [1.29, 1.82) is 0 Å². The van der Waals surface area contributed by atoms with E-state index in [4.69, 9.17) is 14.6 Å². The van der Waals surface area contributed by atoms with Gasteiger partial charge < -0.3 is 19.5 Å². The normalized spacial score (nSPS) is 10.2. The van der Waals surface area contributed by atoms with Gasteiger partial charge in [-0.05, 0) is 6.07 Å². The summed E-state index contributed by atoms with van der Waals surface area (Å²) in [4.78, 5) is 17.5. The lowest BCUT2D eigenvalue weighted by atomic mass is 10.2. The van der Waals surface area contributed by atoms with Gasteiger partial charge in [-0.25, -0.2) is 0 Å². The molecule has 0 spiro atoms. The van der Waals surface area contributed by atoms with Gasteiger partial charge in [0.25, 0.3) is 5.91 Å². The van der Waals surface area contributed by atoms with Gasteiger partial charge in [0.15, 0.2) is 0 Å². The highest BCUT2D eigenvalue weighted by Crippen LogP contribution is 2.17. The number of rotatable bonds is 7. The van der Waals surface area contributed by atoms with Crippen LogP contribution in [0.5, 0.6) is 5.75 Å². The van der Waals surface area contributed by atoms with Crippen molar-refractivity contribution in [3.63, 3.8) is 0 Å². The van der Waals surface area contributed by atoms with Gasteiger partial charge >= 0.3 is 0 Å². The number of methoxy groups -OCH3 is 1. The number of nitrogens with zero attached hydrogens (tertiary/aromatic N) is 2. The molecule has 18 heavy (non-hydrogen) atoms. The van der Waals surface area contributed by atoms with Crippen molar-refractivity contribution < 1.29 is 19.4 Å². The maximum Gasteiger partial charge on any atom is 0.257 e. The molecule has 0 aliphatic rings. The summed E-state index contributed by atoms with van der Waals surface area (Å²) in [5.41, 5.74) is 0.470. The van der Waals surface area contributed by atoms with E-state index in [-0.39, 0.29) is 19.1 Å². The number of aliphatic hydroxyl groups is 1. The third kappa shape index (κ3) is 3.97. The zero-order valence-electron chi connectivity index (χ0n) is 10.6. The van der Waals surface area contributed by atoms with Gasteiger partial charge in [0.05, 0.1) is 38.7 Å². The van der Waals surface area contributed by atoms with E-state index in [9.17, 15) is 4.79 Å². The van der Waals surface area contributed by atoms with Gasteiger partial charge in [0, 0.05) is 19.8 Å². The quantitative estimate of drug-likeness (QED) is 0.702. The molecule has 6 heteroatoms. The fraction of sp³-hybridized carbons (Fsp3) is 0.500. The number of aromatic nitrogens is 1. The minimum atomic E-state index is -0.151. The van der Waals surface area contributed by atoms with Crippen molar-refractivity contribution in [3.8, 4) is 5.75 Å². The molecule has 0 atom stereocenters. The van der Waals surface area contributed by atoms with Crippen molar-refractivity contribution in [2.45, 2.75) is 0 Å². The number of hydrogen-bond acceptors (Lipinski definition) is 5. The van der Waals surface area contributed by atoms with E-state index in [1.807, 2.05) is 0 Å². The molecule has 1 aromatic rings. The first-order valence-corrected chi connectivity index (χ1v) is 5.62. The SMILES string of the molecule is COc1cnccc1C(=O)N(C)CCOCCO. The molecule has 1 N–H and O–H groups in total. The summed E-state index contributed by atoms with van der Waals surface area (Å²) in [6, 6.07) is 1.62. The third-order valence-electron chi connectivity index (χ3n) is 2.39. The average Bonchev–Trinajstić information content (AvgIpc) is 2.42. The molecule has 0 saturated carbocycles. The van der Waals surface area contributed by atoms with Crippen LogP contribution in [0.1, 0.15) is 10.4 Å². The standard InChI is InChI=1S/C12H18N2O4/c1-14(5-7-18-8-6-15)12(16)10-3-4-13-9-11(10)17-2/h3-4,9,15H,5-8H2,1-2H3. The summed E-state index contributed by atoms with van der Waals surface area (Å²) >= 11 is 0. The smallest absolute Gasteiger partial charge is 0.257 e. The number of ether oxygens (including phenoxy) is 2. The number of pyridine rings is 1. The van der Waals surface area contributed by atoms with E-state index in [0.717, 1.165) is 0 Å². The Bertz CT molecular complexity index is 384. The fourth-order valence-electron chi connectivity index (χ4n) is 1.39. The zero-order valence-corrected chi connectivity index (χ0v) is 10.6. The lowest BCUT2D eigenvalue weighted by Crippen LogP contribution is -2.30. The first kappa shape index (κ1) is 14.4. The summed E-state index contributed by atoms with van der Waals surface area (Å²) < 4.78 is 10.2. The van der Waals surface area contributed by atoms with E-state index in [2.05, 4.69) is 4.98 Å². The molecule has 0 radical (unpaired) electrons. The number of amides is 1. The summed E-state index contributed by atoms with van der Waals surface area (Å²) in [7, 11) is 3.18. The lowest BCUT2D eigenvalue weighted by Gasteiger charge is -2.18. The molecule has 1 amide bonds. The second kappa shape index (κ2) is 7.62. The van der Waals surface area contributed by atoms with Crippen LogP contribution < -0.4 is 4.74 Å². The summed E-state index contributed by atoms with van der Waals surface area (Å²) in [6.45, 7) is 1.09. The Morgan fingerprint density at radius 3 is 2.94 bits per heavy atom. The third-order valence-corrected chi connectivity index (χ3v) is 2.39. The van der Waals surface area contributed by atoms with Gasteiger partial charge in [0.1, 0.15) is 5.75 Å². The van der Waals surface area contributed by atoms with Crippen LogP contribution in [0.25, 0.3) is 0 Å². The Morgan fingerprint density at radius 1 is 1.50 bits per heavy atom. The second-order valence-electron chi connectivity index (χ2n) is 3.64. The summed E-state index contributed by atoms with van der Waals surface area (Å²) in [6.07, 6.45) is 3.05. The van der Waals surface area contributed by atoms with Gasteiger partial charge in [-0.2, -0.15) is 0 Å². The summed E-state index contributed by atoms with van der Waals surface area (Å²) in [5, 5.41) is 8.56. The van der Waals surface area contributed by atoms with Crippen LogP contribution in [-0.4, -0.2) is 61.4 Å². The number of likely N-dealkylation sites (N-methyl/N-ethyl adjacent to an activating group) is 1. The Morgan fingerprint density at radius 2 is 2.28 bits per heavy atom. The van der Waals surface area contributed by atoms with Crippen LogP contribution in [0.3, 0.4) is 0 Å².